The van der Waals surface area contributed by atoms with Crippen molar-refractivity contribution >= 4 is 39.1 Å². The van der Waals surface area contributed by atoms with E-state index >= 15 is 0 Å². The minimum absolute atomic E-state index is 0.658. The van der Waals surface area contributed by atoms with Crippen LogP contribution in [0.2, 0.25) is 0 Å². The average Bonchev–Trinajstić information content (AvgIpc) is 3.61. The van der Waals surface area contributed by atoms with Gasteiger partial charge >= 0.3 is 0 Å². The summed E-state index contributed by atoms with van der Waals surface area (Å²) in [6.45, 7) is 8.32. The molecule has 0 radical (unpaired) electrons. The fourth-order valence-corrected chi connectivity index (χ4v) is 5.18. The maximum Gasteiger partial charge on any atom is 0.178 e. The highest BCUT2D eigenvalue weighted by Crippen LogP contribution is 2.34. The zero-order chi connectivity index (χ0) is 24.6. The molecule has 0 aliphatic heterocycles. The smallest absolute Gasteiger partial charge is 0.178 e. The summed E-state index contributed by atoms with van der Waals surface area (Å²) in [6.07, 6.45) is 9.13. The van der Waals surface area contributed by atoms with Crippen LogP contribution in [0.25, 0.3) is 55.3 Å². The van der Waals surface area contributed by atoms with E-state index in [-0.39, 0.29) is 0 Å². The van der Waals surface area contributed by atoms with Crippen LogP contribution in [0.4, 0.5) is 5.69 Å². The van der Waals surface area contributed by atoms with Crippen molar-refractivity contribution in [3.05, 3.63) is 72.3 Å². The summed E-state index contributed by atoms with van der Waals surface area (Å²) >= 11 is 1.75. The van der Waals surface area contributed by atoms with Crippen molar-refractivity contribution < 1.29 is 0 Å². The molecule has 0 unspecified atom stereocenters. The Hall–Kier alpha value is -4.37. The molecule has 0 atom stereocenters. The number of anilines is 1. The molecule has 9 heteroatoms. The number of pyridine rings is 3. The van der Waals surface area contributed by atoms with Gasteiger partial charge in [-0.2, -0.15) is 5.10 Å². The third-order valence-electron chi connectivity index (χ3n) is 5.98. The lowest BCUT2D eigenvalue weighted by Gasteiger charge is -2.09. The molecule has 0 spiro atoms. The predicted molar refractivity (Wildman–Crippen MR) is 146 cm³/mol. The molecule has 0 aliphatic rings. The summed E-state index contributed by atoms with van der Waals surface area (Å²) in [4.78, 5) is 24.2. The Labute approximate surface area is 211 Å². The molecule has 3 N–H and O–H groups in total. The molecule has 0 saturated heterocycles. The number of imidazole rings is 1. The van der Waals surface area contributed by atoms with Crippen LogP contribution in [0.5, 0.6) is 0 Å². The quantitative estimate of drug-likeness (QED) is 0.228. The van der Waals surface area contributed by atoms with Crippen LogP contribution in [0.15, 0.2) is 67.4 Å². The Bertz CT molecular complexity index is 1720. The Balaban J connectivity index is 1.40. The Kier molecular flexibility index (Phi) is 5.54. The molecule has 0 fully saturated rings. The third-order valence-corrected chi connectivity index (χ3v) is 7.01. The Morgan fingerprint density at radius 2 is 2.03 bits per heavy atom. The van der Waals surface area contributed by atoms with Crippen LogP contribution in [0, 0.1) is 6.92 Å². The lowest BCUT2D eigenvalue weighted by atomic mass is 10.1. The molecular formula is C27H24N8S. The number of rotatable bonds is 7. The van der Waals surface area contributed by atoms with Crippen molar-refractivity contribution in [2.24, 2.45) is 0 Å². The average molecular weight is 493 g/mol. The molecule has 36 heavy (non-hydrogen) atoms. The van der Waals surface area contributed by atoms with E-state index in [0.717, 1.165) is 63.2 Å². The highest BCUT2D eigenvalue weighted by molar-refractivity contribution is 7.15. The number of aryl methyl sites for hydroxylation is 1. The van der Waals surface area contributed by atoms with Gasteiger partial charge in [0.25, 0.3) is 0 Å². The number of aromatic nitrogens is 7. The largest absolute Gasteiger partial charge is 0.358 e. The van der Waals surface area contributed by atoms with Crippen LogP contribution in [0.3, 0.4) is 0 Å². The standard InChI is InChI=1S/C27H24N8S/c1-4-5-15(2)31-18-10-17(12-28-13-18)21-11-20-22(14-30-21)34-35-25(20)27-32-24-19(8-9-29-26(24)33-27)23-7-6-16(3)36-23/h6-14,31H,2,4-5H2,1,3H3,(H,34,35)(H,29,32,33). The molecule has 0 saturated carbocycles. The number of hydrogen-bond acceptors (Lipinski definition) is 7. The summed E-state index contributed by atoms with van der Waals surface area (Å²) < 4.78 is 0. The molecule has 6 heterocycles. The number of nitrogens with one attached hydrogen (secondary N) is 3. The Morgan fingerprint density at radius 1 is 1.11 bits per heavy atom. The molecular weight excluding hydrogens is 468 g/mol. The normalized spacial score (nSPS) is 11.4. The first kappa shape index (κ1) is 22.1. The SMILES string of the molecule is C=C(CCC)Nc1cncc(-c2cc3c(-c4nc5nccc(-c6ccc(C)s6)c5[nH]4)n[nH]c3cn2)c1. The first-order valence-corrected chi connectivity index (χ1v) is 12.6. The van der Waals surface area contributed by atoms with Crippen LogP contribution in [-0.4, -0.2) is 35.1 Å². The van der Waals surface area contributed by atoms with Gasteiger partial charge < -0.3 is 10.3 Å². The van der Waals surface area contributed by atoms with Crippen LogP contribution in [0.1, 0.15) is 24.6 Å². The maximum atomic E-state index is 4.77. The van der Waals surface area contributed by atoms with Gasteiger partial charge in [-0.15, -0.1) is 11.3 Å². The number of allylic oxidation sites excluding steroid dienone is 1. The summed E-state index contributed by atoms with van der Waals surface area (Å²) in [6, 6.07) is 10.3. The second kappa shape index (κ2) is 9.01. The maximum absolute atomic E-state index is 4.77. The van der Waals surface area contributed by atoms with Crippen LogP contribution in [-0.2, 0) is 0 Å². The third kappa shape index (κ3) is 4.03. The fraction of sp³-hybridized carbons (Fsp3) is 0.148. The topological polar surface area (TPSA) is 108 Å². The molecule has 6 rings (SSSR count). The highest BCUT2D eigenvalue weighted by atomic mass is 32.1. The van der Waals surface area contributed by atoms with E-state index in [2.05, 4.69) is 68.0 Å². The van der Waals surface area contributed by atoms with Gasteiger partial charge in [0.2, 0.25) is 0 Å². The van der Waals surface area contributed by atoms with E-state index in [9.17, 15) is 0 Å². The van der Waals surface area contributed by atoms with Crippen LogP contribution < -0.4 is 5.32 Å². The van der Waals surface area contributed by atoms with Gasteiger partial charge in [0.05, 0.1) is 34.8 Å². The van der Waals surface area contributed by atoms with Gasteiger partial charge in [-0.1, -0.05) is 19.9 Å². The minimum Gasteiger partial charge on any atom is -0.358 e. The lowest BCUT2D eigenvalue weighted by Crippen LogP contribution is -1.98. The summed E-state index contributed by atoms with van der Waals surface area (Å²) in [5, 5.41) is 11.9. The van der Waals surface area contributed by atoms with E-state index in [0.29, 0.717) is 11.5 Å². The van der Waals surface area contributed by atoms with Gasteiger partial charge in [0.1, 0.15) is 5.69 Å². The number of nitrogens with zero attached hydrogens (tertiary/aromatic N) is 5. The number of fused-ring (bicyclic) bond motifs is 2. The van der Waals surface area contributed by atoms with Crippen molar-refractivity contribution in [3.8, 4) is 33.2 Å². The molecule has 6 aromatic heterocycles. The summed E-state index contributed by atoms with van der Waals surface area (Å²) in [5.74, 6) is 0.658. The molecule has 0 amide bonds. The molecule has 8 nitrogen and oxygen atoms in total. The number of H-pyrrole nitrogens is 2. The predicted octanol–water partition coefficient (Wildman–Crippen LogP) is 6.72. The summed E-state index contributed by atoms with van der Waals surface area (Å²) in [7, 11) is 0. The fourth-order valence-electron chi connectivity index (χ4n) is 4.28. The number of hydrogen-bond donors (Lipinski definition) is 3. The molecule has 0 bridgehead atoms. The first-order valence-electron chi connectivity index (χ1n) is 11.8. The van der Waals surface area contributed by atoms with Gasteiger partial charge in [-0.25, -0.2) is 9.97 Å². The van der Waals surface area contributed by atoms with Gasteiger partial charge in [-0.3, -0.25) is 15.1 Å². The second-order valence-corrected chi connectivity index (χ2v) is 9.97. The number of thiophene rings is 1. The van der Waals surface area contributed by atoms with Gasteiger partial charge in [0.15, 0.2) is 11.5 Å². The second-order valence-electron chi connectivity index (χ2n) is 8.68. The van der Waals surface area contributed by atoms with Crippen LogP contribution >= 0.6 is 11.3 Å². The summed E-state index contributed by atoms with van der Waals surface area (Å²) in [5.41, 5.74) is 7.75. The monoisotopic (exact) mass is 492 g/mol. The van der Waals surface area contributed by atoms with E-state index in [1.165, 1.54) is 9.75 Å². The van der Waals surface area contributed by atoms with Gasteiger partial charge in [-0.05, 0) is 43.7 Å². The molecule has 6 aromatic rings. The molecule has 178 valence electrons. The van der Waals surface area contributed by atoms with E-state index < -0.39 is 0 Å². The number of aromatic amines is 2. The van der Waals surface area contributed by atoms with Crippen molar-refractivity contribution in [2.45, 2.75) is 26.7 Å². The molecule has 0 aliphatic carbocycles. The zero-order valence-electron chi connectivity index (χ0n) is 20.0. The van der Waals surface area contributed by atoms with E-state index in [4.69, 9.17) is 4.98 Å². The van der Waals surface area contributed by atoms with E-state index in [1.807, 2.05) is 24.4 Å². The first-order chi connectivity index (χ1) is 17.6. The zero-order valence-corrected chi connectivity index (χ0v) is 20.8. The van der Waals surface area contributed by atoms with Gasteiger partial charge in [0, 0.05) is 44.4 Å². The van der Waals surface area contributed by atoms with Crippen molar-refractivity contribution in [1.29, 1.82) is 0 Å². The minimum atomic E-state index is 0.658. The molecule has 0 aromatic carbocycles. The Morgan fingerprint density at radius 3 is 2.86 bits per heavy atom. The lowest BCUT2D eigenvalue weighted by molar-refractivity contribution is 0.913. The van der Waals surface area contributed by atoms with Crippen molar-refractivity contribution in [2.75, 3.05) is 5.32 Å². The van der Waals surface area contributed by atoms with Crippen molar-refractivity contribution in [3.63, 3.8) is 0 Å². The van der Waals surface area contributed by atoms with Crippen molar-refractivity contribution in [1.82, 2.24) is 35.1 Å². The highest BCUT2D eigenvalue weighted by Gasteiger charge is 2.17. The van der Waals surface area contributed by atoms with E-state index in [1.54, 1.807) is 29.9 Å².